The standard InChI is InChI=1S/C15H14N2O/c16-17-14(11-6-2-1-3-7-11)10-12-8-4-5-9-13(12)15(17)18/h1-9,14H,10,16H2. The van der Waals surface area contributed by atoms with Gasteiger partial charge in [-0.05, 0) is 23.6 Å². The van der Waals surface area contributed by atoms with Gasteiger partial charge in [0.05, 0.1) is 6.04 Å². The molecular formula is C15H14N2O. The van der Waals surface area contributed by atoms with Crippen molar-refractivity contribution in [1.29, 1.82) is 0 Å². The van der Waals surface area contributed by atoms with Crippen molar-refractivity contribution in [1.82, 2.24) is 5.01 Å². The second kappa shape index (κ2) is 4.27. The first-order valence-corrected chi connectivity index (χ1v) is 5.98. The van der Waals surface area contributed by atoms with E-state index in [-0.39, 0.29) is 11.9 Å². The van der Waals surface area contributed by atoms with Gasteiger partial charge in [-0.1, -0.05) is 48.5 Å². The van der Waals surface area contributed by atoms with Crippen molar-refractivity contribution < 1.29 is 4.79 Å². The van der Waals surface area contributed by atoms with Crippen LogP contribution in [0.1, 0.15) is 27.5 Å². The van der Waals surface area contributed by atoms with E-state index in [0.717, 1.165) is 17.5 Å². The zero-order valence-electron chi connectivity index (χ0n) is 9.91. The number of nitrogens with zero attached hydrogens (tertiary/aromatic N) is 1. The quantitative estimate of drug-likeness (QED) is 0.612. The van der Waals surface area contributed by atoms with Crippen LogP contribution in [-0.4, -0.2) is 10.9 Å². The smallest absolute Gasteiger partial charge is 0.268 e. The lowest BCUT2D eigenvalue weighted by Gasteiger charge is -2.33. The molecule has 1 aliphatic rings. The zero-order chi connectivity index (χ0) is 12.5. The molecule has 2 aromatic rings. The normalized spacial score (nSPS) is 18.6. The van der Waals surface area contributed by atoms with E-state index in [0.29, 0.717) is 5.56 Å². The molecule has 0 radical (unpaired) electrons. The molecule has 2 aromatic carbocycles. The van der Waals surface area contributed by atoms with E-state index in [1.807, 2.05) is 54.6 Å². The molecule has 0 saturated heterocycles. The van der Waals surface area contributed by atoms with E-state index in [4.69, 9.17) is 5.84 Å². The number of benzene rings is 2. The number of fused-ring (bicyclic) bond motifs is 1. The third-order valence-corrected chi connectivity index (χ3v) is 3.42. The molecular weight excluding hydrogens is 224 g/mol. The number of hydrogen-bond donors (Lipinski definition) is 1. The number of rotatable bonds is 1. The topological polar surface area (TPSA) is 46.3 Å². The molecule has 1 heterocycles. The summed E-state index contributed by atoms with van der Waals surface area (Å²) in [5, 5.41) is 1.34. The summed E-state index contributed by atoms with van der Waals surface area (Å²) in [5.41, 5.74) is 2.85. The molecule has 0 spiro atoms. The highest BCUT2D eigenvalue weighted by Crippen LogP contribution is 2.30. The van der Waals surface area contributed by atoms with Crippen LogP contribution < -0.4 is 5.84 Å². The van der Waals surface area contributed by atoms with Crippen LogP contribution in [-0.2, 0) is 6.42 Å². The van der Waals surface area contributed by atoms with Gasteiger partial charge in [0.2, 0.25) is 0 Å². The lowest BCUT2D eigenvalue weighted by Crippen LogP contribution is -2.45. The van der Waals surface area contributed by atoms with Crippen molar-refractivity contribution in [3.05, 3.63) is 71.3 Å². The summed E-state index contributed by atoms with van der Waals surface area (Å²) in [6, 6.07) is 17.5. The molecule has 0 saturated carbocycles. The fourth-order valence-electron chi connectivity index (χ4n) is 2.45. The number of hydrogen-bond acceptors (Lipinski definition) is 2. The van der Waals surface area contributed by atoms with Gasteiger partial charge in [-0.2, -0.15) is 0 Å². The third-order valence-electron chi connectivity index (χ3n) is 3.42. The fourth-order valence-corrected chi connectivity index (χ4v) is 2.45. The van der Waals surface area contributed by atoms with E-state index in [9.17, 15) is 4.79 Å². The van der Waals surface area contributed by atoms with Crippen molar-refractivity contribution in [3.63, 3.8) is 0 Å². The van der Waals surface area contributed by atoms with Crippen molar-refractivity contribution in [2.45, 2.75) is 12.5 Å². The second-order valence-electron chi connectivity index (χ2n) is 4.50. The van der Waals surface area contributed by atoms with Gasteiger partial charge < -0.3 is 0 Å². The summed E-state index contributed by atoms with van der Waals surface area (Å²) in [5.74, 6) is 5.85. The average Bonchev–Trinajstić information content (AvgIpc) is 2.44. The van der Waals surface area contributed by atoms with Crippen LogP contribution in [0.3, 0.4) is 0 Å². The summed E-state index contributed by atoms with van der Waals surface area (Å²) in [4.78, 5) is 12.2. The predicted octanol–water partition coefficient (Wildman–Crippen LogP) is 2.30. The van der Waals surface area contributed by atoms with Gasteiger partial charge in [0.25, 0.3) is 5.91 Å². The highest BCUT2D eigenvalue weighted by atomic mass is 16.2. The van der Waals surface area contributed by atoms with E-state index >= 15 is 0 Å². The Morgan fingerprint density at radius 1 is 1.00 bits per heavy atom. The fraction of sp³-hybridized carbons (Fsp3) is 0.133. The van der Waals surface area contributed by atoms with E-state index in [1.165, 1.54) is 5.01 Å². The molecule has 3 nitrogen and oxygen atoms in total. The summed E-state index contributed by atoms with van der Waals surface area (Å²) in [7, 11) is 0. The summed E-state index contributed by atoms with van der Waals surface area (Å²) in [6.07, 6.45) is 0.766. The number of amides is 1. The Morgan fingerprint density at radius 2 is 1.67 bits per heavy atom. The van der Waals surface area contributed by atoms with Gasteiger partial charge in [0, 0.05) is 5.56 Å². The number of hydrazine groups is 1. The van der Waals surface area contributed by atoms with Crippen LogP contribution in [0, 0.1) is 0 Å². The molecule has 3 heteroatoms. The first-order chi connectivity index (χ1) is 8.77. The molecule has 0 aliphatic carbocycles. The zero-order valence-corrected chi connectivity index (χ0v) is 9.91. The van der Waals surface area contributed by atoms with Crippen molar-refractivity contribution >= 4 is 5.91 Å². The van der Waals surface area contributed by atoms with Crippen LogP contribution in [0.4, 0.5) is 0 Å². The van der Waals surface area contributed by atoms with Crippen LogP contribution in [0.5, 0.6) is 0 Å². The summed E-state index contributed by atoms with van der Waals surface area (Å²) < 4.78 is 0. The van der Waals surface area contributed by atoms with E-state index < -0.39 is 0 Å². The van der Waals surface area contributed by atoms with Crippen LogP contribution in [0.25, 0.3) is 0 Å². The maximum absolute atomic E-state index is 12.2. The number of nitrogens with two attached hydrogens (primary N) is 1. The van der Waals surface area contributed by atoms with Gasteiger partial charge in [-0.15, -0.1) is 0 Å². The molecule has 0 fully saturated rings. The molecule has 1 amide bonds. The van der Waals surface area contributed by atoms with E-state index in [2.05, 4.69) is 0 Å². The third kappa shape index (κ3) is 1.69. The highest BCUT2D eigenvalue weighted by Gasteiger charge is 2.30. The molecule has 3 rings (SSSR count). The molecule has 0 bridgehead atoms. The Morgan fingerprint density at radius 3 is 2.44 bits per heavy atom. The highest BCUT2D eigenvalue weighted by molar-refractivity contribution is 5.96. The van der Waals surface area contributed by atoms with E-state index in [1.54, 1.807) is 0 Å². The van der Waals surface area contributed by atoms with Gasteiger partial charge in [0.1, 0.15) is 0 Å². The predicted molar refractivity (Wildman–Crippen MR) is 69.7 cm³/mol. The van der Waals surface area contributed by atoms with Gasteiger partial charge in [0.15, 0.2) is 0 Å². The van der Waals surface area contributed by atoms with Gasteiger partial charge in [-0.3, -0.25) is 9.80 Å². The molecule has 90 valence electrons. The first-order valence-electron chi connectivity index (χ1n) is 5.98. The van der Waals surface area contributed by atoms with Crippen LogP contribution in [0.15, 0.2) is 54.6 Å². The first kappa shape index (κ1) is 11.0. The van der Waals surface area contributed by atoms with Crippen molar-refractivity contribution in [2.24, 2.45) is 5.84 Å². The number of carbonyl (C=O) groups is 1. The van der Waals surface area contributed by atoms with Crippen LogP contribution in [0.2, 0.25) is 0 Å². The maximum atomic E-state index is 12.2. The monoisotopic (exact) mass is 238 g/mol. The van der Waals surface area contributed by atoms with Crippen molar-refractivity contribution in [3.8, 4) is 0 Å². The Balaban J connectivity index is 2.04. The molecule has 18 heavy (non-hydrogen) atoms. The second-order valence-corrected chi connectivity index (χ2v) is 4.50. The van der Waals surface area contributed by atoms with Gasteiger partial charge >= 0.3 is 0 Å². The molecule has 1 unspecified atom stereocenters. The summed E-state index contributed by atoms with van der Waals surface area (Å²) in [6.45, 7) is 0. The lowest BCUT2D eigenvalue weighted by molar-refractivity contribution is 0.0647. The Kier molecular flexibility index (Phi) is 2.61. The molecule has 1 atom stereocenters. The minimum Gasteiger partial charge on any atom is -0.269 e. The minimum atomic E-state index is -0.106. The molecule has 2 N–H and O–H groups in total. The average molecular weight is 238 g/mol. The van der Waals surface area contributed by atoms with Crippen LogP contribution >= 0.6 is 0 Å². The lowest BCUT2D eigenvalue weighted by atomic mass is 9.91. The van der Waals surface area contributed by atoms with Gasteiger partial charge in [-0.25, -0.2) is 5.84 Å². The number of carbonyl (C=O) groups excluding carboxylic acids is 1. The molecule has 1 aliphatic heterocycles. The largest absolute Gasteiger partial charge is 0.269 e. The Bertz CT molecular complexity index is 580. The minimum absolute atomic E-state index is 0.0754. The Labute approximate surface area is 106 Å². The SMILES string of the molecule is NN1C(=O)c2ccccc2CC1c1ccccc1. The molecule has 0 aromatic heterocycles. The summed E-state index contributed by atoms with van der Waals surface area (Å²) >= 11 is 0. The van der Waals surface area contributed by atoms with Crippen molar-refractivity contribution in [2.75, 3.05) is 0 Å². The Hall–Kier alpha value is -2.13. The maximum Gasteiger partial charge on any atom is 0.268 e.